The highest BCUT2D eigenvalue weighted by Crippen LogP contribution is 2.24. The summed E-state index contributed by atoms with van der Waals surface area (Å²) in [6, 6.07) is 6.43. The molecule has 0 aliphatic heterocycles. The molecule has 3 N–H and O–H groups in total. The molecule has 0 fully saturated rings. The number of benzene rings is 1. The summed E-state index contributed by atoms with van der Waals surface area (Å²) in [5.74, 6) is -0.629. The second-order valence-electron chi connectivity index (χ2n) is 4.40. The molecular weight excluding hydrogens is 272 g/mol. The Morgan fingerprint density at radius 3 is 2.71 bits per heavy atom. The van der Waals surface area contributed by atoms with E-state index in [1.54, 1.807) is 29.1 Å². The van der Waals surface area contributed by atoms with E-state index in [0.29, 0.717) is 23.7 Å². The van der Waals surface area contributed by atoms with Crippen LogP contribution in [-0.4, -0.2) is 26.8 Å². The van der Waals surface area contributed by atoms with Crippen LogP contribution < -0.4 is 10.6 Å². The van der Waals surface area contributed by atoms with Crippen molar-refractivity contribution in [1.82, 2.24) is 9.78 Å². The van der Waals surface area contributed by atoms with Crippen LogP contribution in [0.2, 0.25) is 0 Å². The lowest BCUT2D eigenvalue weighted by Gasteiger charge is -2.12. The van der Waals surface area contributed by atoms with Gasteiger partial charge in [-0.2, -0.15) is 5.10 Å². The first-order valence-electron chi connectivity index (χ1n) is 6.45. The van der Waals surface area contributed by atoms with E-state index in [0.717, 1.165) is 0 Å². The minimum Gasteiger partial charge on any atom is -0.478 e. The Morgan fingerprint density at radius 2 is 2.10 bits per heavy atom. The van der Waals surface area contributed by atoms with Crippen molar-refractivity contribution in [3.8, 4) is 0 Å². The summed E-state index contributed by atoms with van der Waals surface area (Å²) in [5.41, 5.74) is 0.950. The Kier molecular flexibility index (Phi) is 4.22. The third-order valence-corrected chi connectivity index (χ3v) is 2.85. The van der Waals surface area contributed by atoms with Crippen molar-refractivity contribution in [2.75, 3.05) is 10.6 Å². The van der Waals surface area contributed by atoms with Gasteiger partial charge in [0.15, 0.2) is 0 Å². The minimum atomic E-state index is -1.08. The zero-order chi connectivity index (χ0) is 15.4. The van der Waals surface area contributed by atoms with E-state index >= 15 is 0 Å². The monoisotopic (exact) mass is 288 g/mol. The molecular formula is C14H16N4O3. The molecule has 0 spiro atoms. The maximum Gasteiger partial charge on any atom is 0.337 e. The smallest absolute Gasteiger partial charge is 0.337 e. The highest BCUT2D eigenvalue weighted by molar-refractivity contribution is 5.98. The average molecular weight is 288 g/mol. The molecule has 0 radical (unpaired) electrons. The van der Waals surface area contributed by atoms with Crippen molar-refractivity contribution >= 4 is 29.1 Å². The molecule has 0 atom stereocenters. The van der Waals surface area contributed by atoms with Crippen molar-refractivity contribution in [2.24, 2.45) is 0 Å². The van der Waals surface area contributed by atoms with E-state index in [1.807, 2.05) is 6.92 Å². The van der Waals surface area contributed by atoms with Gasteiger partial charge in [-0.25, -0.2) is 9.48 Å². The summed E-state index contributed by atoms with van der Waals surface area (Å²) in [7, 11) is 0. The Morgan fingerprint density at radius 1 is 1.33 bits per heavy atom. The fraction of sp³-hybridized carbons (Fsp3) is 0.214. The normalized spacial score (nSPS) is 10.2. The molecule has 1 amide bonds. The molecule has 0 bridgehead atoms. The van der Waals surface area contributed by atoms with Gasteiger partial charge in [-0.05, 0) is 25.1 Å². The van der Waals surface area contributed by atoms with Crippen LogP contribution in [-0.2, 0) is 11.3 Å². The number of hydrogen-bond acceptors (Lipinski definition) is 4. The number of aromatic nitrogens is 2. The third-order valence-electron chi connectivity index (χ3n) is 2.85. The van der Waals surface area contributed by atoms with Crippen LogP contribution >= 0.6 is 0 Å². The van der Waals surface area contributed by atoms with Crippen molar-refractivity contribution in [1.29, 1.82) is 0 Å². The summed E-state index contributed by atoms with van der Waals surface area (Å²) in [5, 5.41) is 19.0. The molecule has 2 aromatic rings. The van der Waals surface area contributed by atoms with Crippen molar-refractivity contribution in [3.63, 3.8) is 0 Å². The number of carbonyl (C=O) groups excluding carboxylic acids is 1. The van der Waals surface area contributed by atoms with Gasteiger partial charge in [0.05, 0.1) is 17.4 Å². The molecule has 1 aromatic heterocycles. The molecule has 1 heterocycles. The molecule has 2 rings (SSSR count). The third kappa shape index (κ3) is 3.38. The fourth-order valence-corrected chi connectivity index (χ4v) is 1.94. The molecule has 7 nitrogen and oxygen atoms in total. The quantitative estimate of drug-likeness (QED) is 0.784. The number of amides is 1. The summed E-state index contributed by atoms with van der Waals surface area (Å²) in [6.07, 6.45) is 1.64. The van der Waals surface area contributed by atoms with Crippen LogP contribution in [0.5, 0.6) is 0 Å². The first-order valence-corrected chi connectivity index (χ1v) is 6.45. The number of carboxylic acid groups (broad SMARTS) is 1. The standard InChI is InChI=1S/C14H16N4O3/c1-3-18-13(6-7-15-18)17-12-5-4-10(16-9(2)19)8-11(12)14(20)21/h4-8,17H,3H2,1-2H3,(H,16,19)(H,20,21). The average Bonchev–Trinajstić information content (AvgIpc) is 2.86. The SMILES string of the molecule is CCn1nccc1Nc1ccc(NC(C)=O)cc1C(=O)O. The Bertz CT molecular complexity index is 679. The molecule has 0 saturated heterocycles. The van der Waals surface area contributed by atoms with E-state index in [9.17, 15) is 14.7 Å². The predicted molar refractivity (Wildman–Crippen MR) is 78.9 cm³/mol. The van der Waals surface area contributed by atoms with Gasteiger partial charge in [-0.1, -0.05) is 0 Å². The zero-order valence-electron chi connectivity index (χ0n) is 11.8. The number of nitrogens with one attached hydrogen (secondary N) is 2. The van der Waals surface area contributed by atoms with Gasteiger partial charge in [0, 0.05) is 25.2 Å². The molecule has 110 valence electrons. The number of anilines is 3. The Labute approximate surface area is 121 Å². The maximum absolute atomic E-state index is 11.4. The summed E-state index contributed by atoms with van der Waals surface area (Å²) < 4.78 is 1.72. The van der Waals surface area contributed by atoms with Gasteiger partial charge in [-0.3, -0.25) is 4.79 Å². The van der Waals surface area contributed by atoms with Crippen LogP contribution in [0.15, 0.2) is 30.5 Å². The van der Waals surface area contributed by atoms with E-state index in [-0.39, 0.29) is 11.5 Å². The summed E-state index contributed by atoms with van der Waals surface area (Å²) in [4.78, 5) is 22.4. The van der Waals surface area contributed by atoms with Crippen molar-refractivity contribution < 1.29 is 14.7 Å². The van der Waals surface area contributed by atoms with E-state index < -0.39 is 5.97 Å². The van der Waals surface area contributed by atoms with E-state index in [4.69, 9.17) is 0 Å². The first kappa shape index (κ1) is 14.6. The molecule has 1 aromatic carbocycles. The van der Waals surface area contributed by atoms with E-state index in [2.05, 4.69) is 15.7 Å². The highest BCUT2D eigenvalue weighted by atomic mass is 16.4. The summed E-state index contributed by atoms with van der Waals surface area (Å²) in [6.45, 7) is 3.98. The van der Waals surface area contributed by atoms with Gasteiger partial charge in [0.1, 0.15) is 5.82 Å². The number of rotatable bonds is 5. The number of carbonyl (C=O) groups is 2. The number of nitrogens with zero attached hydrogens (tertiary/aromatic N) is 2. The second-order valence-corrected chi connectivity index (χ2v) is 4.40. The molecule has 7 heteroatoms. The topological polar surface area (TPSA) is 96.3 Å². The number of hydrogen-bond donors (Lipinski definition) is 3. The summed E-state index contributed by atoms with van der Waals surface area (Å²) >= 11 is 0. The lowest BCUT2D eigenvalue weighted by Crippen LogP contribution is -2.10. The largest absolute Gasteiger partial charge is 0.478 e. The van der Waals surface area contributed by atoms with Crippen LogP contribution in [0.4, 0.5) is 17.2 Å². The van der Waals surface area contributed by atoms with Crippen LogP contribution in [0.1, 0.15) is 24.2 Å². The maximum atomic E-state index is 11.4. The minimum absolute atomic E-state index is 0.0742. The van der Waals surface area contributed by atoms with Crippen LogP contribution in [0, 0.1) is 0 Å². The first-order chi connectivity index (χ1) is 10.0. The number of aromatic carboxylic acids is 1. The molecule has 0 aliphatic rings. The lowest BCUT2D eigenvalue weighted by atomic mass is 10.1. The van der Waals surface area contributed by atoms with Gasteiger partial charge in [-0.15, -0.1) is 0 Å². The Hall–Kier alpha value is -2.83. The van der Waals surface area contributed by atoms with Crippen molar-refractivity contribution in [3.05, 3.63) is 36.0 Å². The van der Waals surface area contributed by atoms with E-state index in [1.165, 1.54) is 13.0 Å². The number of aryl methyl sites for hydroxylation is 1. The zero-order valence-corrected chi connectivity index (χ0v) is 11.8. The molecule has 0 aliphatic carbocycles. The van der Waals surface area contributed by atoms with Crippen LogP contribution in [0.3, 0.4) is 0 Å². The second kappa shape index (κ2) is 6.08. The van der Waals surface area contributed by atoms with Crippen LogP contribution in [0.25, 0.3) is 0 Å². The van der Waals surface area contributed by atoms with Crippen molar-refractivity contribution in [2.45, 2.75) is 20.4 Å². The predicted octanol–water partition coefficient (Wildman–Crippen LogP) is 2.30. The molecule has 0 unspecified atom stereocenters. The van der Waals surface area contributed by atoms with Gasteiger partial charge < -0.3 is 15.7 Å². The molecule has 21 heavy (non-hydrogen) atoms. The fourth-order valence-electron chi connectivity index (χ4n) is 1.94. The van der Waals surface area contributed by atoms with Gasteiger partial charge in [0.2, 0.25) is 5.91 Å². The molecule has 0 saturated carbocycles. The van der Waals surface area contributed by atoms with Gasteiger partial charge >= 0.3 is 5.97 Å². The lowest BCUT2D eigenvalue weighted by molar-refractivity contribution is -0.114. The Balaban J connectivity index is 2.34. The number of carboxylic acids is 1. The van der Waals surface area contributed by atoms with Gasteiger partial charge in [0.25, 0.3) is 0 Å². The highest BCUT2D eigenvalue weighted by Gasteiger charge is 2.13.